The quantitative estimate of drug-likeness (QED) is 0.665. The molecule has 2 rings (SSSR count). The van der Waals surface area contributed by atoms with Gasteiger partial charge in [-0.25, -0.2) is 4.98 Å². The van der Waals surface area contributed by atoms with Crippen LogP contribution < -0.4 is 11.3 Å². The number of rotatable bonds is 4. The number of thiazole rings is 1. The SMILES string of the molecule is Cc1ncsc1C(Cc1c(Br)c(C)nn1C)NN. The van der Waals surface area contributed by atoms with Crippen molar-refractivity contribution in [1.82, 2.24) is 20.2 Å². The van der Waals surface area contributed by atoms with Crippen LogP contribution >= 0.6 is 27.3 Å². The Morgan fingerprint density at radius 1 is 1.50 bits per heavy atom. The molecule has 98 valence electrons. The Kier molecular flexibility index (Phi) is 4.16. The van der Waals surface area contributed by atoms with Crippen molar-refractivity contribution in [3.8, 4) is 0 Å². The van der Waals surface area contributed by atoms with Gasteiger partial charge in [-0.15, -0.1) is 11.3 Å². The molecule has 0 aliphatic heterocycles. The van der Waals surface area contributed by atoms with Gasteiger partial charge in [0, 0.05) is 18.3 Å². The van der Waals surface area contributed by atoms with Gasteiger partial charge in [-0.2, -0.15) is 5.10 Å². The van der Waals surface area contributed by atoms with Gasteiger partial charge in [0.15, 0.2) is 0 Å². The Bertz CT molecular complexity index is 548. The molecule has 0 spiro atoms. The van der Waals surface area contributed by atoms with E-state index in [2.05, 4.69) is 31.4 Å². The van der Waals surface area contributed by atoms with E-state index in [0.29, 0.717) is 0 Å². The Morgan fingerprint density at radius 3 is 2.67 bits per heavy atom. The summed E-state index contributed by atoms with van der Waals surface area (Å²) in [5, 5.41) is 4.39. The van der Waals surface area contributed by atoms with Crippen molar-refractivity contribution in [3.63, 3.8) is 0 Å². The molecular formula is C11H16BrN5S. The van der Waals surface area contributed by atoms with Crippen LogP contribution in [0.15, 0.2) is 9.98 Å². The lowest BCUT2D eigenvalue weighted by molar-refractivity contribution is 0.533. The van der Waals surface area contributed by atoms with E-state index in [-0.39, 0.29) is 6.04 Å². The predicted octanol–water partition coefficient (Wildman–Crippen LogP) is 2.00. The first-order valence-corrected chi connectivity index (χ1v) is 7.26. The summed E-state index contributed by atoms with van der Waals surface area (Å²) < 4.78 is 2.94. The molecule has 0 bridgehead atoms. The van der Waals surface area contributed by atoms with Crippen LogP contribution in [0.25, 0.3) is 0 Å². The van der Waals surface area contributed by atoms with Crippen molar-refractivity contribution in [2.45, 2.75) is 26.3 Å². The van der Waals surface area contributed by atoms with Crippen LogP contribution in [0.2, 0.25) is 0 Å². The zero-order valence-electron chi connectivity index (χ0n) is 10.6. The molecule has 7 heteroatoms. The summed E-state index contributed by atoms with van der Waals surface area (Å²) in [4.78, 5) is 5.44. The van der Waals surface area contributed by atoms with Crippen molar-refractivity contribution in [1.29, 1.82) is 0 Å². The second kappa shape index (κ2) is 5.48. The first-order valence-electron chi connectivity index (χ1n) is 5.58. The van der Waals surface area contributed by atoms with Gasteiger partial charge in [-0.3, -0.25) is 16.0 Å². The minimum atomic E-state index is 0.0589. The van der Waals surface area contributed by atoms with Gasteiger partial charge in [-0.05, 0) is 29.8 Å². The monoisotopic (exact) mass is 329 g/mol. The molecule has 18 heavy (non-hydrogen) atoms. The fourth-order valence-corrected chi connectivity index (χ4v) is 3.33. The Hall–Kier alpha value is -0.760. The van der Waals surface area contributed by atoms with Gasteiger partial charge in [0.1, 0.15) is 0 Å². The summed E-state index contributed by atoms with van der Waals surface area (Å²) in [6, 6.07) is 0.0589. The number of hydrogen-bond donors (Lipinski definition) is 2. The van der Waals surface area contributed by atoms with Crippen molar-refractivity contribution < 1.29 is 0 Å². The first kappa shape index (κ1) is 13.7. The van der Waals surface area contributed by atoms with Crippen LogP contribution in [0.4, 0.5) is 0 Å². The predicted molar refractivity (Wildman–Crippen MR) is 76.3 cm³/mol. The molecule has 2 heterocycles. The van der Waals surface area contributed by atoms with E-state index in [9.17, 15) is 0 Å². The van der Waals surface area contributed by atoms with Gasteiger partial charge in [0.2, 0.25) is 0 Å². The number of nitrogens with zero attached hydrogens (tertiary/aromatic N) is 3. The van der Waals surface area contributed by atoms with Crippen LogP contribution in [0.3, 0.4) is 0 Å². The first-order chi connectivity index (χ1) is 8.54. The van der Waals surface area contributed by atoms with Crippen LogP contribution in [0.1, 0.15) is 28.0 Å². The standard InChI is InChI=1S/C11H16BrN5S/c1-6-10(12)9(17(3)16-6)4-8(15-13)11-7(2)14-5-18-11/h5,8,15H,4,13H2,1-3H3. The summed E-state index contributed by atoms with van der Waals surface area (Å²) in [6.45, 7) is 3.98. The lowest BCUT2D eigenvalue weighted by Gasteiger charge is -2.15. The number of nitrogens with one attached hydrogen (secondary N) is 1. The molecule has 0 fully saturated rings. The highest BCUT2D eigenvalue weighted by molar-refractivity contribution is 9.10. The summed E-state index contributed by atoms with van der Waals surface area (Å²) in [6.07, 6.45) is 0.775. The number of halogens is 1. The molecule has 2 aromatic heterocycles. The Labute approximate surface area is 119 Å². The van der Waals surface area contributed by atoms with Crippen molar-refractivity contribution in [2.24, 2.45) is 12.9 Å². The average Bonchev–Trinajstić information content (AvgIpc) is 2.84. The van der Waals surface area contributed by atoms with Crippen LogP contribution in [0, 0.1) is 13.8 Å². The van der Waals surface area contributed by atoms with E-state index in [4.69, 9.17) is 5.84 Å². The number of aromatic nitrogens is 3. The van der Waals surface area contributed by atoms with Gasteiger partial charge in [0.25, 0.3) is 0 Å². The zero-order valence-corrected chi connectivity index (χ0v) is 13.0. The average molecular weight is 330 g/mol. The molecule has 0 saturated carbocycles. The maximum Gasteiger partial charge on any atom is 0.0798 e. The van der Waals surface area contributed by atoms with Crippen LogP contribution in [0.5, 0.6) is 0 Å². The highest BCUT2D eigenvalue weighted by Gasteiger charge is 2.20. The largest absolute Gasteiger partial charge is 0.271 e. The highest BCUT2D eigenvalue weighted by atomic mass is 79.9. The smallest absolute Gasteiger partial charge is 0.0798 e. The number of hydrogen-bond acceptors (Lipinski definition) is 5. The highest BCUT2D eigenvalue weighted by Crippen LogP contribution is 2.28. The van der Waals surface area contributed by atoms with Gasteiger partial charge in [-0.1, -0.05) is 0 Å². The van der Waals surface area contributed by atoms with Crippen LogP contribution in [-0.4, -0.2) is 14.8 Å². The second-order valence-electron chi connectivity index (χ2n) is 4.20. The summed E-state index contributed by atoms with van der Waals surface area (Å²) in [5.41, 5.74) is 7.86. The van der Waals surface area contributed by atoms with Crippen molar-refractivity contribution >= 4 is 27.3 Å². The topological polar surface area (TPSA) is 68.8 Å². The second-order valence-corrected chi connectivity index (χ2v) is 5.87. The maximum absolute atomic E-state index is 5.67. The Morgan fingerprint density at radius 2 is 2.22 bits per heavy atom. The maximum atomic E-state index is 5.67. The van der Waals surface area contributed by atoms with Gasteiger partial charge in [0.05, 0.1) is 33.1 Å². The van der Waals surface area contributed by atoms with E-state index >= 15 is 0 Å². The summed E-state index contributed by atoms with van der Waals surface area (Å²) in [7, 11) is 1.94. The third kappa shape index (κ3) is 2.49. The molecule has 3 N–H and O–H groups in total. The third-order valence-corrected chi connectivity index (χ3v) is 5.04. The molecule has 0 amide bonds. The molecular weight excluding hydrogens is 314 g/mol. The molecule has 0 aliphatic carbocycles. The number of nitrogens with two attached hydrogens (primary N) is 1. The molecule has 1 unspecified atom stereocenters. The number of hydrazine groups is 1. The fourth-order valence-electron chi connectivity index (χ4n) is 1.97. The normalized spacial score (nSPS) is 12.9. The van der Waals surface area contributed by atoms with E-state index in [0.717, 1.165) is 28.0 Å². The lowest BCUT2D eigenvalue weighted by atomic mass is 10.1. The lowest BCUT2D eigenvalue weighted by Crippen LogP contribution is -2.30. The molecule has 1 atom stereocenters. The molecule has 5 nitrogen and oxygen atoms in total. The van der Waals surface area contributed by atoms with Gasteiger partial charge < -0.3 is 0 Å². The minimum Gasteiger partial charge on any atom is -0.271 e. The van der Waals surface area contributed by atoms with E-state index in [1.54, 1.807) is 11.3 Å². The van der Waals surface area contributed by atoms with Crippen molar-refractivity contribution in [3.05, 3.63) is 31.9 Å². The minimum absolute atomic E-state index is 0.0589. The van der Waals surface area contributed by atoms with Crippen LogP contribution in [-0.2, 0) is 13.5 Å². The Balaban J connectivity index is 2.29. The molecule has 0 saturated heterocycles. The van der Waals surface area contributed by atoms with E-state index < -0.39 is 0 Å². The molecule has 2 aromatic rings. The van der Waals surface area contributed by atoms with E-state index in [1.165, 1.54) is 4.88 Å². The van der Waals surface area contributed by atoms with E-state index in [1.807, 2.05) is 31.1 Å². The summed E-state index contributed by atoms with van der Waals surface area (Å²) in [5.74, 6) is 5.67. The molecule has 0 aromatic carbocycles. The van der Waals surface area contributed by atoms with Gasteiger partial charge >= 0.3 is 0 Å². The number of aryl methyl sites for hydroxylation is 3. The summed E-state index contributed by atoms with van der Waals surface area (Å²) >= 11 is 5.20. The third-order valence-electron chi connectivity index (χ3n) is 2.96. The zero-order chi connectivity index (χ0) is 13.3. The van der Waals surface area contributed by atoms with Crippen molar-refractivity contribution in [2.75, 3.05) is 0 Å². The molecule has 0 aliphatic rings. The fraction of sp³-hybridized carbons (Fsp3) is 0.455. The molecule has 0 radical (unpaired) electrons.